The van der Waals surface area contributed by atoms with Crippen LogP contribution in [0.5, 0.6) is 0 Å². The van der Waals surface area contributed by atoms with E-state index in [1.54, 1.807) is 0 Å². The van der Waals surface area contributed by atoms with E-state index in [9.17, 15) is 4.79 Å². The number of nitrogens with one attached hydrogen (secondary N) is 3. The maximum Gasteiger partial charge on any atom is 0.319 e. The van der Waals surface area contributed by atoms with Gasteiger partial charge in [-0.2, -0.15) is 0 Å². The molecular formula is C19H32N6O. The summed E-state index contributed by atoms with van der Waals surface area (Å²) in [6.45, 7) is 9.66. The van der Waals surface area contributed by atoms with Crippen molar-refractivity contribution in [3.8, 4) is 0 Å². The first kappa shape index (κ1) is 20.0. The van der Waals surface area contributed by atoms with Crippen LogP contribution in [0.4, 0.5) is 10.5 Å². The van der Waals surface area contributed by atoms with Gasteiger partial charge in [0.25, 0.3) is 0 Å². The normalized spacial score (nSPS) is 18.2. The monoisotopic (exact) mass is 360 g/mol. The SMILES string of the molecule is CCN1CCCC1CNC(N)=NCc1ccc(NC(=O)NC(C)C)cc1. The van der Waals surface area contributed by atoms with Gasteiger partial charge in [0.05, 0.1) is 6.54 Å². The van der Waals surface area contributed by atoms with Crippen LogP contribution in [0.2, 0.25) is 0 Å². The van der Waals surface area contributed by atoms with Crippen LogP contribution in [0.3, 0.4) is 0 Å². The molecule has 1 saturated heterocycles. The fraction of sp³-hybridized carbons (Fsp3) is 0.579. The fourth-order valence-corrected chi connectivity index (χ4v) is 3.12. The van der Waals surface area contributed by atoms with Crippen molar-refractivity contribution in [2.24, 2.45) is 10.7 Å². The number of benzene rings is 1. The predicted octanol–water partition coefficient (Wildman–Crippen LogP) is 2.11. The largest absolute Gasteiger partial charge is 0.370 e. The number of carbonyl (C=O) groups excluding carboxylic acids is 1. The summed E-state index contributed by atoms with van der Waals surface area (Å²) in [4.78, 5) is 18.6. The zero-order valence-electron chi connectivity index (χ0n) is 16.1. The highest BCUT2D eigenvalue weighted by molar-refractivity contribution is 5.89. The van der Waals surface area contributed by atoms with E-state index in [0.717, 1.165) is 24.3 Å². The van der Waals surface area contributed by atoms with Gasteiger partial charge in [-0.25, -0.2) is 9.79 Å². The second kappa shape index (κ2) is 10.0. The lowest BCUT2D eigenvalue weighted by Crippen LogP contribution is -2.42. The van der Waals surface area contributed by atoms with Crippen LogP contribution in [0.1, 0.15) is 39.2 Å². The van der Waals surface area contributed by atoms with Gasteiger partial charge >= 0.3 is 6.03 Å². The lowest BCUT2D eigenvalue weighted by molar-refractivity contribution is 0.250. The minimum absolute atomic E-state index is 0.104. The molecule has 0 aromatic heterocycles. The van der Waals surface area contributed by atoms with Crippen molar-refractivity contribution in [1.29, 1.82) is 0 Å². The Hall–Kier alpha value is -2.28. The summed E-state index contributed by atoms with van der Waals surface area (Å²) in [6, 6.07) is 8.07. The molecule has 2 amide bonds. The first-order chi connectivity index (χ1) is 12.5. The molecule has 1 aliphatic rings. The molecule has 1 fully saturated rings. The Bertz CT molecular complexity index is 599. The van der Waals surface area contributed by atoms with E-state index >= 15 is 0 Å². The van der Waals surface area contributed by atoms with E-state index in [2.05, 4.69) is 32.8 Å². The summed E-state index contributed by atoms with van der Waals surface area (Å²) < 4.78 is 0. The number of amides is 2. The number of likely N-dealkylation sites (N-methyl/N-ethyl adjacent to an activating group) is 1. The molecule has 0 spiro atoms. The van der Waals surface area contributed by atoms with Crippen LogP contribution in [-0.2, 0) is 6.54 Å². The molecule has 0 bridgehead atoms. The summed E-state index contributed by atoms with van der Waals surface area (Å²) in [7, 11) is 0. The maximum atomic E-state index is 11.7. The van der Waals surface area contributed by atoms with Crippen LogP contribution < -0.4 is 21.7 Å². The Labute approximate surface area is 156 Å². The summed E-state index contributed by atoms with van der Waals surface area (Å²) >= 11 is 0. The van der Waals surface area contributed by atoms with Gasteiger partial charge in [0.2, 0.25) is 0 Å². The second-order valence-electron chi connectivity index (χ2n) is 6.96. The molecule has 7 heteroatoms. The molecule has 0 aliphatic carbocycles. The maximum absolute atomic E-state index is 11.7. The van der Waals surface area contributed by atoms with E-state index in [1.165, 1.54) is 19.4 Å². The van der Waals surface area contributed by atoms with Crippen molar-refractivity contribution in [1.82, 2.24) is 15.5 Å². The lowest BCUT2D eigenvalue weighted by atomic mass is 10.2. The van der Waals surface area contributed by atoms with Crippen molar-refractivity contribution < 1.29 is 4.79 Å². The Balaban J connectivity index is 1.77. The van der Waals surface area contributed by atoms with E-state index in [-0.39, 0.29) is 12.1 Å². The average Bonchev–Trinajstić information content (AvgIpc) is 3.06. The number of urea groups is 1. The first-order valence-electron chi connectivity index (χ1n) is 9.42. The minimum Gasteiger partial charge on any atom is -0.370 e. The van der Waals surface area contributed by atoms with E-state index in [4.69, 9.17) is 5.73 Å². The van der Waals surface area contributed by atoms with Crippen molar-refractivity contribution in [3.05, 3.63) is 29.8 Å². The van der Waals surface area contributed by atoms with Gasteiger partial charge in [0.15, 0.2) is 5.96 Å². The molecule has 2 rings (SSSR count). The zero-order valence-corrected chi connectivity index (χ0v) is 16.1. The van der Waals surface area contributed by atoms with Gasteiger partial charge in [-0.15, -0.1) is 0 Å². The fourth-order valence-electron chi connectivity index (χ4n) is 3.12. The number of guanidine groups is 1. The molecule has 7 nitrogen and oxygen atoms in total. The molecule has 1 heterocycles. The summed E-state index contributed by atoms with van der Waals surface area (Å²) in [5.74, 6) is 0.478. The number of likely N-dealkylation sites (tertiary alicyclic amines) is 1. The Morgan fingerprint density at radius 3 is 2.73 bits per heavy atom. The predicted molar refractivity (Wildman–Crippen MR) is 107 cm³/mol. The van der Waals surface area contributed by atoms with Crippen LogP contribution in [0, 0.1) is 0 Å². The molecule has 0 saturated carbocycles. The number of hydrogen-bond acceptors (Lipinski definition) is 3. The highest BCUT2D eigenvalue weighted by atomic mass is 16.2. The van der Waals surface area contributed by atoms with Gasteiger partial charge in [-0.05, 0) is 57.5 Å². The molecule has 1 aliphatic heterocycles. The van der Waals surface area contributed by atoms with Gasteiger partial charge in [-0.3, -0.25) is 4.90 Å². The molecular weight excluding hydrogens is 328 g/mol. The van der Waals surface area contributed by atoms with Crippen LogP contribution in [0.25, 0.3) is 0 Å². The number of carbonyl (C=O) groups is 1. The zero-order chi connectivity index (χ0) is 18.9. The Kier molecular flexibility index (Phi) is 7.72. The second-order valence-corrected chi connectivity index (χ2v) is 6.96. The standard InChI is InChI=1S/C19H32N6O/c1-4-25-11-5-6-17(25)13-22-18(20)21-12-15-7-9-16(10-8-15)24-19(26)23-14(2)3/h7-10,14,17H,4-6,11-13H2,1-3H3,(H3,20,21,22)(H2,23,24,26). The van der Waals surface area contributed by atoms with Crippen molar-refractivity contribution >= 4 is 17.7 Å². The van der Waals surface area contributed by atoms with E-state index in [1.807, 2.05) is 38.1 Å². The van der Waals surface area contributed by atoms with Gasteiger partial charge in [0, 0.05) is 24.3 Å². The number of nitrogens with zero attached hydrogens (tertiary/aromatic N) is 2. The number of rotatable bonds is 7. The molecule has 5 N–H and O–H groups in total. The van der Waals surface area contributed by atoms with E-state index in [0.29, 0.717) is 18.5 Å². The molecule has 1 aromatic carbocycles. The highest BCUT2D eigenvalue weighted by Crippen LogP contribution is 2.15. The molecule has 0 radical (unpaired) electrons. The van der Waals surface area contributed by atoms with E-state index < -0.39 is 0 Å². The first-order valence-corrected chi connectivity index (χ1v) is 9.42. The average molecular weight is 361 g/mol. The van der Waals surface area contributed by atoms with Gasteiger partial charge < -0.3 is 21.7 Å². The Morgan fingerprint density at radius 1 is 1.35 bits per heavy atom. The number of nitrogens with two attached hydrogens (primary N) is 1. The highest BCUT2D eigenvalue weighted by Gasteiger charge is 2.22. The van der Waals surface area contributed by atoms with Crippen molar-refractivity contribution in [2.45, 2.75) is 52.2 Å². The number of anilines is 1. The number of hydrogen-bond donors (Lipinski definition) is 4. The van der Waals surface area contributed by atoms with Gasteiger partial charge in [0.1, 0.15) is 0 Å². The smallest absolute Gasteiger partial charge is 0.319 e. The Morgan fingerprint density at radius 2 is 2.08 bits per heavy atom. The molecule has 1 atom stereocenters. The summed E-state index contributed by atoms with van der Waals surface area (Å²) in [5.41, 5.74) is 7.78. The topological polar surface area (TPSA) is 94.8 Å². The van der Waals surface area contributed by atoms with Crippen molar-refractivity contribution in [2.75, 3.05) is 25.0 Å². The quantitative estimate of drug-likeness (QED) is 0.442. The van der Waals surface area contributed by atoms with Crippen molar-refractivity contribution in [3.63, 3.8) is 0 Å². The summed E-state index contributed by atoms with van der Waals surface area (Å²) in [5, 5.41) is 8.82. The summed E-state index contributed by atoms with van der Waals surface area (Å²) in [6.07, 6.45) is 2.47. The van der Waals surface area contributed by atoms with Crippen LogP contribution in [0.15, 0.2) is 29.3 Å². The third kappa shape index (κ3) is 6.55. The molecule has 1 aromatic rings. The third-order valence-corrected chi connectivity index (χ3v) is 4.49. The lowest BCUT2D eigenvalue weighted by Gasteiger charge is -2.23. The molecule has 1 unspecified atom stereocenters. The minimum atomic E-state index is -0.202. The molecule has 26 heavy (non-hydrogen) atoms. The number of aliphatic imine (C=N–C) groups is 1. The molecule has 144 valence electrons. The van der Waals surface area contributed by atoms with Crippen LogP contribution >= 0.6 is 0 Å². The third-order valence-electron chi connectivity index (χ3n) is 4.49. The van der Waals surface area contributed by atoms with Gasteiger partial charge in [-0.1, -0.05) is 19.1 Å². The van der Waals surface area contributed by atoms with Crippen LogP contribution in [-0.4, -0.2) is 48.6 Å².